The van der Waals surface area contributed by atoms with Gasteiger partial charge in [0.1, 0.15) is 11.5 Å². The van der Waals surface area contributed by atoms with Crippen LogP contribution in [0.1, 0.15) is 17.8 Å². The molecule has 4 rings (SSSR count). The third kappa shape index (κ3) is 9.09. The van der Waals surface area contributed by atoms with Gasteiger partial charge in [-0.2, -0.15) is 0 Å². The molecule has 0 amide bonds. The molecule has 0 unspecified atom stereocenters. The molecule has 0 bridgehead atoms. The van der Waals surface area contributed by atoms with Crippen LogP contribution in [0.3, 0.4) is 0 Å². The Morgan fingerprint density at radius 1 is 0.973 bits per heavy atom. The highest BCUT2D eigenvalue weighted by Crippen LogP contribution is 2.22. The number of guanidine groups is 1. The number of morpholine rings is 1. The van der Waals surface area contributed by atoms with Crippen molar-refractivity contribution in [1.82, 2.24) is 20.2 Å². The Hall–Kier alpha value is -3.60. The van der Waals surface area contributed by atoms with E-state index in [1.807, 2.05) is 74.5 Å². The number of hydrogen-bond donors (Lipinski definition) is 3. The minimum absolute atomic E-state index is 0.403. The van der Waals surface area contributed by atoms with Crippen LogP contribution in [-0.4, -0.2) is 65.3 Å². The second kappa shape index (κ2) is 13.6. The maximum atomic E-state index is 5.86. The highest BCUT2D eigenvalue weighted by atomic mass is 32.1. The molecule has 0 aliphatic carbocycles. The van der Waals surface area contributed by atoms with E-state index in [1.165, 1.54) is 0 Å². The molecule has 1 aliphatic heterocycles. The van der Waals surface area contributed by atoms with Crippen LogP contribution < -0.4 is 20.7 Å². The smallest absolute Gasteiger partial charge is 0.229 e. The third-order valence-electron chi connectivity index (χ3n) is 5.54. The van der Waals surface area contributed by atoms with Crippen LogP contribution in [0.5, 0.6) is 11.5 Å². The summed E-state index contributed by atoms with van der Waals surface area (Å²) in [4.78, 5) is 16.0. The highest BCUT2D eigenvalue weighted by Gasteiger charge is 2.10. The molecule has 3 aromatic rings. The van der Waals surface area contributed by atoms with Crippen molar-refractivity contribution in [3.63, 3.8) is 0 Å². The summed E-state index contributed by atoms with van der Waals surface area (Å²) in [6.07, 6.45) is 0.920. The van der Waals surface area contributed by atoms with Gasteiger partial charge in [-0.15, -0.1) is 0 Å². The van der Waals surface area contributed by atoms with Crippen LogP contribution in [0.4, 0.5) is 11.6 Å². The number of benzene rings is 2. The molecule has 2 aromatic carbocycles. The minimum atomic E-state index is 0.403. The first-order chi connectivity index (χ1) is 18.0. The molecule has 1 aliphatic rings. The Bertz CT molecular complexity index is 1160. The van der Waals surface area contributed by atoms with Crippen LogP contribution in [-0.2, 0) is 4.74 Å². The number of anilines is 2. The Balaban J connectivity index is 1.35. The Kier molecular flexibility index (Phi) is 9.75. The van der Waals surface area contributed by atoms with E-state index in [0.29, 0.717) is 23.6 Å². The van der Waals surface area contributed by atoms with Gasteiger partial charge < -0.3 is 20.1 Å². The summed E-state index contributed by atoms with van der Waals surface area (Å²) in [6, 6.07) is 19.2. The van der Waals surface area contributed by atoms with Crippen molar-refractivity contribution in [2.24, 2.45) is 4.99 Å². The largest absolute Gasteiger partial charge is 0.457 e. The standard InChI is InChI=1S/C27H33N7O2S/c1-20-19-21(2)30-26(29-20)32-25(28-13-6-14-34-15-17-35-18-16-34)33-27(37)31-22-9-11-24(12-10-22)36-23-7-4-3-5-8-23/h3-5,7-12,19H,6,13-18H2,1-2H3,(H3,28,29,30,31,32,33,37). The number of aryl methyl sites for hydroxylation is 2. The van der Waals surface area contributed by atoms with Gasteiger partial charge in [0.2, 0.25) is 11.9 Å². The minimum Gasteiger partial charge on any atom is -0.457 e. The maximum Gasteiger partial charge on any atom is 0.229 e. The molecule has 1 aromatic heterocycles. The van der Waals surface area contributed by atoms with Crippen LogP contribution in [0.2, 0.25) is 0 Å². The molecule has 3 N–H and O–H groups in total. The summed E-state index contributed by atoms with van der Waals surface area (Å²) >= 11 is 5.56. The number of nitrogens with one attached hydrogen (secondary N) is 3. The molecule has 9 nitrogen and oxygen atoms in total. The predicted octanol–water partition coefficient (Wildman–Crippen LogP) is 4.36. The summed E-state index contributed by atoms with van der Waals surface area (Å²) in [5.74, 6) is 2.50. The maximum absolute atomic E-state index is 5.86. The second-order valence-corrected chi connectivity index (χ2v) is 9.06. The quantitative estimate of drug-likeness (QED) is 0.174. The molecule has 1 saturated heterocycles. The second-order valence-electron chi connectivity index (χ2n) is 8.66. The number of hydrogen-bond acceptors (Lipinski definition) is 7. The van der Waals surface area contributed by atoms with Crippen LogP contribution >= 0.6 is 12.2 Å². The first kappa shape index (κ1) is 26.5. The van der Waals surface area contributed by atoms with E-state index in [4.69, 9.17) is 26.7 Å². The fourth-order valence-electron chi connectivity index (χ4n) is 3.81. The molecule has 194 valence electrons. The zero-order valence-corrected chi connectivity index (χ0v) is 22.1. The molecule has 0 atom stereocenters. The summed E-state index contributed by atoms with van der Waals surface area (Å²) in [5.41, 5.74) is 2.58. The molecule has 37 heavy (non-hydrogen) atoms. The molecular weight excluding hydrogens is 486 g/mol. The molecule has 10 heteroatoms. The lowest BCUT2D eigenvalue weighted by Gasteiger charge is -2.26. The fourth-order valence-corrected chi connectivity index (χ4v) is 4.02. The number of nitrogens with zero attached hydrogens (tertiary/aromatic N) is 4. The van der Waals surface area contributed by atoms with Crippen LogP contribution in [0, 0.1) is 13.8 Å². The van der Waals surface area contributed by atoms with E-state index in [-0.39, 0.29) is 0 Å². The van der Waals surface area contributed by atoms with E-state index in [9.17, 15) is 0 Å². The summed E-state index contributed by atoms with van der Waals surface area (Å²) < 4.78 is 11.3. The average Bonchev–Trinajstić information content (AvgIpc) is 2.88. The first-order valence-corrected chi connectivity index (χ1v) is 12.8. The lowest BCUT2D eigenvalue weighted by molar-refractivity contribution is 0.0377. The van der Waals surface area contributed by atoms with Crippen molar-refractivity contribution in [3.8, 4) is 11.5 Å². The zero-order chi connectivity index (χ0) is 25.9. The Labute approximate surface area is 223 Å². The van der Waals surface area contributed by atoms with E-state index in [2.05, 4.69) is 30.8 Å². The topological polar surface area (TPSA) is 95.9 Å². The highest BCUT2D eigenvalue weighted by molar-refractivity contribution is 7.80. The van der Waals surface area contributed by atoms with Gasteiger partial charge in [0, 0.05) is 43.3 Å². The lowest BCUT2D eigenvalue weighted by atomic mass is 10.3. The lowest BCUT2D eigenvalue weighted by Crippen LogP contribution is -2.39. The van der Waals surface area contributed by atoms with E-state index in [0.717, 1.165) is 67.8 Å². The Morgan fingerprint density at radius 3 is 2.35 bits per heavy atom. The molecule has 0 saturated carbocycles. The number of aliphatic imine (C=N–C) groups is 1. The van der Waals surface area contributed by atoms with Crippen LogP contribution in [0.15, 0.2) is 65.7 Å². The predicted molar refractivity (Wildman–Crippen MR) is 152 cm³/mol. The summed E-state index contributed by atoms with van der Waals surface area (Å²) in [5, 5.41) is 9.95. The van der Waals surface area contributed by atoms with Gasteiger partial charge in [0.15, 0.2) is 5.11 Å². The number of ether oxygens (including phenoxy) is 2. The number of rotatable bonds is 8. The molecular formula is C27H33N7O2S. The first-order valence-electron chi connectivity index (χ1n) is 12.4. The van der Waals surface area contributed by atoms with Gasteiger partial charge >= 0.3 is 0 Å². The van der Waals surface area contributed by atoms with Crippen molar-refractivity contribution in [2.75, 3.05) is 50.0 Å². The van der Waals surface area contributed by atoms with E-state index >= 15 is 0 Å². The molecule has 2 heterocycles. The normalized spacial score (nSPS) is 14.2. The third-order valence-corrected chi connectivity index (χ3v) is 5.75. The summed E-state index contributed by atoms with van der Waals surface area (Å²) in [6.45, 7) is 8.99. The van der Waals surface area contributed by atoms with Gasteiger partial charge in [-0.25, -0.2) is 9.97 Å². The number of para-hydroxylation sites is 1. The van der Waals surface area contributed by atoms with Crippen molar-refractivity contribution >= 4 is 34.9 Å². The van der Waals surface area contributed by atoms with E-state index in [1.54, 1.807) is 0 Å². The van der Waals surface area contributed by atoms with Crippen LogP contribution in [0.25, 0.3) is 0 Å². The Morgan fingerprint density at radius 2 is 1.65 bits per heavy atom. The molecule has 0 radical (unpaired) electrons. The monoisotopic (exact) mass is 519 g/mol. The van der Waals surface area contributed by atoms with Crippen molar-refractivity contribution in [2.45, 2.75) is 20.3 Å². The van der Waals surface area contributed by atoms with Crippen molar-refractivity contribution < 1.29 is 9.47 Å². The van der Waals surface area contributed by atoms with Gasteiger partial charge in [0.05, 0.1) is 13.2 Å². The van der Waals surface area contributed by atoms with Crippen molar-refractivity contribution in [1.29, 1.82) is 0 Å². The van der Waals surface area contributed by atoms with Gasteiger partial charge in [-0.05, 0) is 75.0 Å². The molecule has 1 fully saturated rings. The fraction of sp³-hybridized carbons (Fsp3) is 0.333. The van der Waals surface area contributed by atoms with E-state index < -0.39 is 0 Å². The average molecular weight is 520 g/mol. The van der Waals surface area contributed by atoms with Crippen molar-refractivity contribution in [3.05, 3.63) is 72.1 Å². The summed E-state index contributed by atoms with van der Waals surface area (Å²) in [7, 11) is 0. The van der Waals surface area contributed by atoms with Gasteiger partial charge in [-0.3, -0.25) is 15.2 Å². The number of aromatic nitrogens is 2. The van der Waals surface area contributed by atoms with Gasteiger partial charge in [-0.1, -0.05) is 18.2 Å². The number of thiocarbonyl (C=S) groups is 1. The zero-order valence-electron chi connectivity index (χ0n) is 21.2. The van der Waals surface area contributed by atoms with Gasteiger partial charge in [0.25, 0.3) is 0 Å². The molecule has 0 spiro atoms. The SMILES string of the molecule is Cc1cc(C)nc(NC(=NCCCN2CCOCC2)NC(=S)Nc2ccc(Oc3ccccc3)cc2)n1.